The van der Waals surface area contributed by atoms with Gasteiger partial charge in [-0.2, -0.15) is 0 Å². The molecular weight excluding hydrogens is 292 g/mol. The maximum absolute atomic E-state index is 4.49. The molecule has 0 aliphatic heterocycles. The summed E-state index contributed by atoms with van der Waals surface area (Å²) in [6.45, 7) is 10.6. The fourth-order valence-corrected chi connectivity index (χ4v) is 3.28. The minimum absolute atomic E-state index is 0.231. The van der Waals surface area contributed by atoms with Crippen molar-refractivity contribution in [1.82, 2.24) is 9.97 Å². The van der Waals surface area contributed by atoms with Crippen LogP contribution in [0.2, 0.25) is 0 Å². The fourth-order valence-electron chi connectivity index (χ4n) is 3.28. The predicted octanol–water partition coefficient (Wildman–Crippen LogP) is 5.59. The summed E-state index contributed by atoms with van der Waals surface area (Å²) >= 11 is 0. The molecule has 0 radical (unpaired) electrons. The van der Waals surface area contributed by atoms with Gasteiger partial charge in [0, 0.05) is 18.0 Å². The molecule has 2 nitrogen and oxygen atoms in total. The highest BCUT2D eigenvalue weighted by Gasteiger charge is 2.49. The van der Waals surface area contributed by atoms with Crippen LogP contribution in [0, 0.1) is 5.92 Å². The molecule has 2 unspecified atom stereocenters. The van der Waals surface area contributed by atoms with Crippen LogP contribution in [-0.4, -0.2) is 9.97 Å². The van der Waals surface area contributed by atoms with Crippen molar-refractivity contribution in [2.24, 2.45) is 5.92 Å². The number of aromatic nitrogens is 2. The Labute approximate surface area is 144 Å². The number of hydrogen-bond acceptors (Lipinski definition) is 2. The Morgan fingerprint density at radius 2 is 2.00 bits per heavy atom. The molecule has 0 N–H and O–H groups in total. The summed E-state index contributed by atoms with van der Waals surface area (Å²) in [4.78, 5) is 8.99. The van der Waals surface area contributed by atoms with Crippen LogP contribution in [0.1, 0.15) is 38.3 Å². The highest BCUT2D eigenvalue weighted by molar-refractivity contribution is 5.79. The summed E-state index contributed by atoms with van der Waals surface area (Å²) in [5.74, 6) is 1.49. The van der Waals surface area contributed by atoms with Gasteiger partial charge in [0.2, 0.25) is 0 Å². The van der Waals surface area contributed by atoms with Gasteiger partial charge >= 0.3 is 0 Å². The first-order valence-corrected chi connectivity index (χ1v) is 8.48. The number of hydrogen-bond donors (Lipinski definition) is 0. The third kappa shape index (κ3) is 2.96. The van der Waals surface area contributed by atoms with E-state index in [1.807, 2.05) is 43.6 Å². The van der Waals surface area contributed by atoms with Crippen molar-refractivity contribution in [3.8, 4) is 11.4 Å². The van der Waals surface area contributed by atoms with Crippen molar-refractivity contribution in [2.75, 3.05) is 0 Å². The summed E-state index contributed by atoms with van der Waals surface area (Å²) in [5.41, 5.74) is 4.96. The zero-order valence-electron chi connectivity index (χ0n) is 14.7. The van der Waals surface area contributed by atoms with Crippen molar-refractivity contribution in [2.45, 2.75) is 32.6 Å². The second-order valence-electron chi connectivity index (χ2n) is 6.71. The minimum Gasteiger partial charge on any atom is -0.237 e. The van der Waals surface area contributed by atoms with E-state index in [0.29, 0.717) is 5.92 Å². The van der Waals surface area contributed by atoms with Gasteiger partial charge in [0.05, 0.1) is 0 Å². The molecule has 0 amide bonds. The quantitative estimate of drug-likeness (QED) is 0.672. The van der Waals surface area contributed by atoms with Gasteiger partial charge < -0.3 is 0 Å². The standard InChI is InChI=1S/C22H24N2/c1-5-7-9-17(6-2)18-10-11-20(22(4)15-16(22)3)19(14-18)21-23-12-8-13-24-21/h5-14,16H,2,15H2,1,3-4H3/b7-5-,17-9+. The van der Waals surface area contributed by atoms with Gasteiger partial charge in [-0.25, -0.2) is 9.97 Å². The molecule has 1 aromatic carbocycles. The second-order valence-corrected chi connectivity index (χ2v) is 6.71. The average Bonchev–Trinajstić information content (AvgIpc) is 3.24. The predicted molar refractivity (Wildman–Crippen MR) is 102 cm³/mol. The van der Waals surface area contributed by atoms with Crippen molar-refractivity contribution in [3.63, 3.8) is 0 Å². The summed E-state index contributed by atoms with van der Waals surface area (Å²) in [6, 6.07) is 8.50. The smallest absolute Gasteiger partial charge is 0.159 e. The van der Waals surface area contributed by atoms with Crippen LogP contribution in [-0.2, 0) is 5.41 Å². The minimum atomic E-state index is 0.231. The Bertz CT molecular complexity index is 802. The lowest BCUT2D eigenvalue weighted by Crippen LogP contribution is -2.07. The first-order chi connectivity index (χ1) is 11.6. The molecule has 122 valence electrons. The Kier molecular flexibility index (Phi) is 4.48. The number of allylic oxidation sites excluding steroid dienone is 5. The molecule has 3 rings (SSSR count). The second kappa shape index (κ2) is 6.56. The number of nitrogens with zero attached hydrogens (tertiary/aromatic N) is 2. The van der Waals surface area contributed by atoms with E-state index in [9.17, 15) is 0 Å². The highest BCUT2D eigenvalue weighted by Crippen LogP contribution is 2.55. The third-order valence-corrected chi connectivity index (χ3v) is 5.12. The van der Waals surface area contributed by atoms with E-state index < -0.39 is 0 Å². The normalized spacial score (nSPS) is 23.5. The zero-order chi connectivity index (χ0) is 17.2. The van der Waals surface area contributed by atoms with Gasteiger partial charge in [-0.3, -0.25) is 0 Å². The van der Waals surface area contributed by atoms with E-state index in [0.717, 1.165) is 22.5 Å². The van der Waals surface area contributed by atoms with E-state index in [1.165, 1.54) is 12.0 Å². The first-order valence-electron chi connectivity index (χ1n) is 8.48. The molecule has 1 aliphatic carbocycles. The molecule has 2 aromatic rings. The molecular formula is C22H24N2. The van der Waals surface area contributed by atoms with Crippen LogP contribution in [0.25, 0.3) is 17.0 Å². The van der Waals surface area contributed by atoms with Crippen LogP contribution in [0.3, 0.4) is 0 Å². The van der Waals surface area contributed by atoms with E-state index >= 15 is 0 Å². The fraction of sp³-hybridized carbons (Fsp3) is 0.273. The summed E-state index contributed by atoms with van der Waals surface area (Å²) in [7, 11) is 0. The Balaban J connectivity index is 2.15. The zero-order valence-corrected chi connectivity index (χ0v) is 14.7. The van der Waals surface area contributed by atoms with E-state index in [-0.39, 0.29) is 5.41 Å². The lowest BCUT2D eigenvalue weighted by molar-refractivity contribution is 0.703. The molecule has 1 fully saturated rings. The van der Waals surface area contributed by atoms with Crippen molar-refractivity contribution < 1.29 is 0 Å². The van der Waals surface area contributed by atoms with Crippen LogP contribution in [0.4, 0.5) is 0 Å². The lowest BCUT2D eigenvalue weighted by Gasteiger charge is -2.17. The maximum Gasteiger partial charge on any atom is 0.159 e. The summed E-state index contributed by atoms with van der Waals surface area (Å²) in [6.07, 6.45) is 12.9. The number of benzene rings is 1. The van der Waals surface area contributed by atoms with Crippen LogP contribution >= 0.6 is 0 Å². The van der Waals surface area contributed by atoms with Crippen LogP contribution < -0.4 is 0 Å². The summed E-state index contributed by atoms with van der Waals surface area (Å²) in [5, 5.41) is 0. The van der Waals surface area contributed by atoms with Crippen molar-refractivity contribution in [3.05, 3.63) is 78.7 Å². The molecule has 2 heteroatoms. The topological polar surface area (TPSA) is 25.8 Å². The molecule has 2 atom stereocenters. The molecule has 0 bridgehead atoms. The number of rotatable bonds is 5. The SMILES string of the molecule is C=C/C(=C\C=C/C)c1ccc(C2(C)CC2C)c(-c2ncccn2)c1. The van der Waals surface area contributed by atoms with E-state index in [4.69, 9.17) is 0 Å². The van der Waals surface area contributed by atoms with Gasteiger partial charge in [-0.05, 0) is 53.5 Å². The maximum atomic E-state index is 4.49. The first kappa shape index (κ1) is 16.4. The Morgan fingerprint density at radius 1 is 1.29 bits per heavy atom. The van der Waals surface area contributed by atoms with Gasteiger partial charge in [0.15, 0.2) is 5.82 Å². The third-order valence-electron chi connectivity index (χ3n) is 5.12. The van der Waals surface area contributed by atoms with Crippen molar-refractivity contribution >= 4 is 5.57 Å². The molecule has 1 aliphatic rings. The van der Waals surface area contributed by atoms with Gasteiger partial charge in [-0.1, -0.05) is 56.9 Å². The molecule has 24 heavy (non-hydrogen) atoms. The Morgan fingerprint density at radius 3 is 2.58 bits per heavy atom. The van der Waals surface area contributed by atoms with E-state index in [1.54, 1.807) is 0 Å². The van der Waals surface area contributed by atoms with Gasteiger partial charge in [0.1, 0.15) is 0 Å². The van der Waals surface area contributed by atoms with Gasteiger partial charge in [-0.15, -0.1) is 0 Å². The molecule has 1 aromatic heterocycles. The molecule has 0 spiro atoms. The Hall–Kier alpha value is -2.48. The largest absolute Gasteiger partial charge is 0.237 e. The molecule has 0 saturated heterocycles. The highest BCUT2D eigenvalue weighted by atomic mass is 14.9. The van der Waals surface area contributed by atoms with E-state index in [2.05, 4.69) is 54.7 Å². The van der Waals surface area contributed by atoms with Crippen LogP contribution in [0.5, 0.6) is 0 Å². The lowest BCUT2D eigenvalue weighted by atomic mass is 9.88. The van der Waals surface area contributed by atoms with Gasteiger partial charge in [0.25, 0.3) is 0 Å². The summed E-state index contributed by atoms with van der Waals surface area (Å²) < 4.78 is 0. The monoisotopic (exact) mass is 316 g/mol. The average molecular weight is 316 g/mol. The molecule has 1 heterocycles. The molecule has 1 saturated carbocycles. The van der Waals surface area contributed by atoms with Crippen molar-refractivity contribution in [1.29, 1.82) is 0 Å². The van der Waals surface area contributed by atoms with Crippen LogP contribution in [0.15, 0.2) is 67.5 Å².